The normalized spacial score (nSPS) is 10.6. The fourth-order valence-corrected chi connectivity index (χ4v) is 1.63. The Balaban J connectivity index is 2.84. The van der Waals surface area contributed by atoms with Crippen LogP contribution in [0, 0.1) is 5.82 Å². The van der Waals surface area contributed by atoms with Gasteiger partial charge in [0.2, 0.25) is 0 Å². The van der Waals surface area contributed by atoms with Crippen LogP contribution in [0.1, 0.15) is 25.0 Å². The van der Waals surface area contributed by atoms with Crippen LogP contribution in [0.4, 0.5) is 4.39 Å². The van der Waals surface area contributed by atoms with E-state index in [1.165, 1.54) is 0 Å². The predicted molar refractivity (Wildman–Crippen MR) is 67.0 cm³/mol. The molecule has 0 aliphatic carbocycles. The van der Waals surface area contributed by atoms with Gasteiger partial charge in [-0.05, 0) is 26.0 Å². The Morgan fingerprint density at radius 3 is 2.26 bits per heavy atom. The van der Waals surface area contributed by atoms with E-state index in [-0.39, 0.29) is 35.4 Å². The van der Waals surface area contributed by atoms with Gasteiger partial charge < -0.3 is 20.3 Å². The van der Waals surface area contributed by atoms with Crippen LogP contribution in [-0.2, 0) is 18.0 Å². The third kappa shape index (κ3) is 4.50. The maximum absolute atomic E-state index is 13.2. The maximum Gasteiger partial charge on any atom is 0.258 e. The van der Waals surface area contributed by atoms with Crippen molar-refractivity contribution in [2.24, 2.45) is 0 Å². The summed E-state index contributed by atoms with van der Waals surface area (Å²) in [6.45, 7) is 2.49. The van der Waals surface area contributed by atoms with Gasteiger partial charge in [-0.25, -0.2) is 4.39 Å². The number of rotatable bonds is 6. The van der Waals surface area contributed by atoms with Crippen LogP contribution in [0.5, 0.6) is 5.75 Å². The second-order valence-corrected chi connectivity index (χ2v) is 4.38. The van der Waals surface area contributed by atoms with Crippen LogP contribution in [0.2, 0.25) is 0 Å². The molecule has 0 fully saturated rings. The summed E-state index contributed by atoms with van der Waals surface area (Å²) in [6.07, 6.45) is 0. The Morgan fingerprint density at radius 2 is 1.84 bits per heavy atom. The average molecular weight is 271 g/mol. The number of aliphatic hydroxyl groups excluding tert-OH is 2. The lowest BCUT2D eigenvalue weighted by atomic mass is 10.1. The van der Waals surface area contributed by atoms with E-state index >= 15 is 0 Å². The molecule has 0 saturated carbocycles. The molecular formula is C13H18FNO4. The summed E-state index contributed by atoms with van der Waals surface area (Å²) in [4.78, 5) is 11.5. The number of halogens is 1. The zero-order chi connectivity index (χ0) is 14.4. The molecule has 6 heteroatoms. The molecule has 1 amide bonds. The second-order valence-electron chi connectivity index (χ2n) is 4.38. The molecule has 0 radical (unpaired) electrons. The second kappa shape index (κ2) is 7.06. The molecule has 1 aromatic carbocycles. The van der Waals surface area contributed by atoms with Gasteiger partial charge in [0.05, 0.1) is 13.2 Å². The van der Waals surface area contributed by atoms with Crippen molar-refractivity contribution in [3.63, 3.8) is 0 Å². The Morgan fingerprint density at radius 1 is 1.32 bits per heavy atom. The summed E-state index contributed by atoms with van der Waals surface area (Å²) in [6, 6.07) is 2.20. The summed E-state index contributed by atoms with van der Waals surface area (Å²) in [5.41, 5.74) is 0.391. The molecule has 5 nitrogen and oxygen atoms in total. The Labute approximate surface area is 111 Å². The van der Waals surface area contributed by atoms with Crippen LogP contribution in [0.15, 0.2) is 12.1 Å². The van der Waals surface area contributed by atoms with Crippen molar-refractivity contribution >= 4 is 5.91 Å². The molecule has 19 heavy (non-hydrogen) atoms. The fourth-order valence-electron chi connectivity index (χ4n) is 1.63. The minimum absolute atomic E-state index is 0.0149. The highest BCUT2D eigenvalue weighted by molar-refractivity contribution is 5.77. The van der Waals surface area contributed by atoms with Crippen LogP contribution in [0.3, 0.4) is 0 Å². The highest BCUT2D eigenvalue weighted by Gasteiger charge is 2.13. The SMILES string of the molecule is CC(C)NC(=O)COc1c(CO)cc(F)cc1CO. The van der Waals surface area contributed by atoms with Gasteiger partial charge in [0.1, 0.15) is 11.6 Å². The molecular weight excluding hydrogens is 253 g/mol. The van der Waals surface area contributed by atoms with E-state index in [0.717, 1.165) is 12.1 Å². The summed E-state index contributed by atoms with van der Waals surface area (Å²) < 4.78 is 18.5. The first-order valence-electron chi connectivity index (χ1n) is 5.93. The number of benzene rings is 1. The third-order valence-electron chi connectivity index (χ3n) is 2.35. The minimum atomic E-state index is -0.577. The number of carbonyl (C=O) groups is 1. The molecule has 0 saturated heterocycles. The first-order valence-corrected chi connectivity index (χ1v) is 5.93. The summed E-state index contributed by atoms with van der Waals surface area (Å²) in [7, 11) is 0. The van der Waals surface area contributed by atoms with Gasteiger partial charge in [-0.3, -0.25) is 4.79 Å². The van der Waals surface area contributed by atoms with Crippen LogP contribution in [0.25, 0.3) is 0 Å². The minimum Gasteiger partial charge on any atom is -0.483 e. The van der Waals surface area contributed by atoms with Crippen molar-refractivity contribution in [2.75, 3.05) is 6.61 Å². The van der Waals surface area contributed by atoms with E-state index in [1.54, 1.807) is 0 Å². The number of aliphatic hydroxyl groups is 2. The van der Waals surface area contributed by atoms with Crippen molar-refractivity contribution < 1.29 is 24.1 Å². The quantitative estimate of drug-likeness (QED) is 0.712. The van der Waals surface area contributed by atoms with Gasteiger partial charge >= 0.3 is 0 Å². The lowest BCUT2D eigenvalue weighted by molar-refractivity contribution is -0.123. The summed E-state index contributed by atoms with van der Waals surface area (Å²) in [5.74, 6) is -0.760. The molecule has 3 N–H and O–H groups in total. The molecule has 0 bridgehead atoms. The molecule has 0 atom stereocenters. The zero-order valence-corrected chi connectivity index (χ0v) is 10.9. The van der Waals surface area contributed by atoms with Crippen molar-refractivity contribution in [2.45, 2.75) is 33.1 Å². The van der Waals surface area contributed by atoms with E-state index in [2.05, 4.69) is 5.32 Å². The Bertz CT molecular complexity index is 423. The largest absolute Gasteiger partial charge is 0.483 e. The number of ether oxygens (including phenoxy) is 1. The molecule has 0 aliphatic rings. The monoisotopic (exact) mass is 271 g/mol. The number of carbonyl (C=O) groups excluding carboxylic acids is 1. The number of hydrogen-bond donors (Lipinski definition) is 3. The zero-order valence-electron chi connectivity index (χ0n) is 10.9. The highest BCUT2D eigenvalue weighted by Crippen LogP contribution is 2.26. The van der Waals surface area contributed by atoms with Crippen LogP contribution >= 0.6 is 0 Å². The Hall–Kier alpha value is -1.66. The third-order valence-corrected chi connectivity index (χ3v) is 2.35. The van der Waals surface area contributed by atoms with E-state index in [9.17, 15) is 9.18 Å². The first kappa shape index (κ1) is 15.4. The molecule has 1 rings (SSSR count). The van der Waals surface area contributed by atoms with Crippen molar-refractivity contribution in [1.82, 2.24) is 5.32 Å². The average Bonchev–Trinajstić information content (AvgIpc) is 2.35. The first-order chi connectivity index (χ1) is 8.97. The maximum atomic E-state index is 13.2. The van der Waals surface area contributed by atoms with Crippen molar-refractivity contribution in [1.29, 1.82) is 0 Å². The molecule has 106 valence electrons. The van der Waals surface area contributed by atoms with E-state index < -0.39 is 19.0 Å². The molecule has 0 heterocycles. The van der Waals surface area contributed by atoms with Gasteiger partial charge in [0.25, 0.3) is 5.91 Å². The van der Waals surface area contributed by atoms with E-state index in [0.29, 0.717) is 0 Å². The van der Waals surface area contributed by atoms with Gasteiger partial charge in [-0.15, -0.1) is 0 Å². The molecule has 0 spiro atoms. The molecule has 0 aliphatic heterocycles. The van der Waals surface area contributed by atoms with Crippen LogP contribution < -0.4 is 10.1 Å². The Kier molecular flexibility index (Phi) is 5.72. The van der Waals surface area contributed by atoms with Crippen LogP contribution in [-0.4, -0.2) is 28.8 Å². The lowest BCUT2D eigenvalue weighted by Gasteiger charge is -2.15. The smallest absolute Gasteiger partial charge is 0.258 e. The van der Waals surface area contributed by atoms with Gasteiger partial charge in [0, 0.05) is 17.2 Å². The van der Waals surface area contributed by atoms with Crippen molar-refractivity contribution in [3.8, 4) is 5.75 Å². The predicted octanol–water partition coefficient (Wildman–Crippen LogP) is 0.714. The number of amides is 1. The topological polar surface area (TPSA) is 78.8 Å². The van der Waals surface area contributed by atoms with Crippen molar-refractivity contribution in [3.05, 3.63) is 29.1 Å². The number of nitrogens with one attached hydrogen (secondary N) is 1. The molecule has 0 unspecified atom stereocenters. The standard InChI is InChI=1S/C13H18FNO4/c1-8(2)15-12(18)7-19-13-9(5-16)3-11(14)4-10(13)6-17/h3-4,8,16-17H,5-7H2,1-2H3,(H,15,18). The van der Waals surface area contributed by atoms with E-state index in [4.69, 9.17) is 14.9 Å². The fraction of sp³-hybridized carbons (Fsp3) is 0.462. The highest BCUT2D eigenvalue weighted by atomic mass is 19.1. The molecule has 1 aromatic rings. The van der Waals surface area contributed by atoms with E-state index in [1.807, 2.05) is 13.8 Å². The lowest BCUT2D eigenvalue weighted by Crippen LogP contribution is -2.34. The van der Waals surface area contributed by atoms with Gasteiger partial charge in [-0.1, -0.05) is 0 Å². The van der Waals surface area contributed by atoms with Gasteiger partial charge in [-0.2, -0.15) is 0 Å². The summed E-state index contributed by atoms with van der Waals surface area (Å²) >= 11 is 0. The summed E-state index contributed by atoms with van der Waals surface area (Å²) in [5, 5.41) is 20.9. The van der Waals surface area contributed by atoms with Gasteiger partial charge in [0.15, 0.2) is 6.61 Å². The molecule has 0 aromatic heterocycles. The number of hydrogen-bond acceptors (Lipinski definition) is 4.